The Hall–Kier alpha value is -1.58. The lowest BCUT2D eigenvalue weighted by Crippen LogP contribution is -2.34. The molecule has 86 valence electrons. The van der Waals surface area contributed by atoms with Gasteiger partial charge in [-0.15, -0.1) is 0 Å². The molecule has 16 heavy (non-hydrogen) atoms. The fourth-order valence-electron chi connectivity index (χ4n) is 2.06. The first-order chi connectivity index (χ1) is 7.61. The van der Waals surface area contributed by atoms with Crippen molar-refractivity contribution in [2.75, 3.05) is 13.6 Å². The average molecular weight is 219 g/mol. The Kier molecular flexibility index (Phi) is 2.81. The van der Waals surface area contributed by atoms with E-state index in [1.165, 1.54) is 0 Å². The smallest absolute Gasteiger partial charge is 0.320 e. The molecule has 1 fully saturated rings. The van der Waals surface area contributed by atoms with E-state index in [0.717, 1.165) is 12.1 Å². The Labute approximate surface area is 95.9 Å². The van der Waals surface area contributed by atoms with Crippen LogP contribution in [0.1, 0.15) is 25.5 Å². The molecule has 0 saturated carbocycles. The molecule has 2 rings (SSSR count). The highest BCUT2D eigenvalue weighted by atomic mass is 16.2. The normalized spacial score (nSPS) is 21.0. The number of carbonyl (C=O) groups is 1. The predicted octanol–water partition coefficient (Wildman–Crippen LogP) is 1.90. The van der Waals surface area contributed by atoms with E-state index >= 15 is 0 Å². The molecule has 0 aromatic carbocycles. The molecule has 4 nitrogen and oxygen atoms in total. The van der Waals surface area contributed by atoms with Gasteiger partial charge in [0.05, 0.1) is 6.04 Å². The zero-order valence-corrected chi connectivity index (χ0v) is 9.92. The van der Waals surface area contributed by atoms with Crippen LogP contribution in [-0.4, -0.2) is 40.4 Å². The minimum Gasteiger partial charge on any atom is -0.320 e. The van der Waals surface area contributed by atoms with E-state index in [4.69, 9.17) is 0 Å². The fourth-order valence-corrected chi connectivity index (χ4v) is 2.06. The molecule has 2 amide bonds. The van der Waals surface area contributed by atoms with Crippen LogP contribution in [0.15, 0.2) is 24.5 Å². The maximum absolute atomic E-state index is 12.0. The number of aromatic nitrogens is 1. The Bertz CT molecular complexity index is 377. The van der Waals surface area contributed by atoms with Crippen molar-refractivity contribution in [1.82, 2.24) is 14.8 Å². The van der Waals surface area contributed by atoms with Crippen LogP contribution in [0.3, 0.4) is 0 Å². The number of carbonyl (C=O) groups excluding carboxylic acids is 1. The van der Waals surface area contributed by atoms with Crippen LogP contribution in [0, 0.1) is 0 Å². The maximum Gasteiger partial charge on any atom is 0.320 e. The van der Waals surface area contributed by atoms with Crippen LogP contribution >= 0.6 is 0 Å². The Morgan fingerprint density at radius 1 is 1.50 bits per heavy atom. The third-order valence-corrected chi connectivity index (χ3v) is 3.08. The van der Waals surface area contributed by atoms with Gasteiger partial charge in [0.15, 0.2) is 0 Å². The van der Waals surface area contributed by atoms with Crippen LogP contribution in [0.25, 0.3) is 0 Å². The van der Waals surface area contributed by atoms with Crippen molar-refractivity contribution in [3.63, 3.8) is 0 Å². The predicted molar refractivity (Wildman–Crippen MR) is 62.0 cm³/mol. The summed E-state index contributed by atoms with van der Waals surface area (Å²) in [5.74, 6) is 0. The summed E-state index contributed by atoms with van der Waals surface area (Å²) in [5, 5.41) is 0. The second-order valence-electron chi connectivity index (χ2n) is 4.44. The lowest BCUT2D eigenvalue weighted by molar-refractivity contribution is 0.187. The van der Waals surface area contributed by atoms with Crippen molar-refractivity contribution in [1.29, 1.82) is 0 Å². The van der Waals surface area contributed by atoms with Gasteiger partial charge in [-0.25, -0.2) is 4.79 Å². The summed E-state index contributed by atoms with van der Waals surface area (Å²) < 4.78 is 0. The molecule has 1 unspecified atom stereocenters. The van der Waals surface area contributed by atoms with E-state index in [9.17, 15) is 4.79 Å². The Morgan fingerprint density at radius 2 is 2.25 bits per heavy atom. The molecule has 0 aliphatic carbocycles. The van der Waals surface area contributed by atoms with Gasteiger partial charge in [-0.1, -0.05) is 6.07 Å². The van der Waals surface area contributed by atoms with Gasteiger partial charge < -0.3 is 9.80 Å². The number of nitrogens with zero attached hydrogens (tertiary/aromatic N) is 3. The zero-order valence-electron chi connectivity index (χ0n) is 9.92. The van der Waals surface area contributed by atoms with Gasteiger partial charge in [0.1, 0.15) is 0 Å². The number of likely N-dealkylation sites (N-methyl/N-ethyl adjacent to an activating group) is 1. The maximum atomic E-state index is 12.0. The Morgan fingerprint density at radius 3 is 2.75 bits per heavy atom. The topological polar surface area (TPSA) is 36.4 Å². The zero-order chi connectivity index (χ0) is 11.7. The molecular weight excluding hydrogens is 202 g/mol. The number of pyridine rings is 1. The van der Waals surface area contributed by atoms with E-state index in [1.54, 1.807) is 11.1 Å². The highest BCUT2D eigenvalue weighted by molar-refractivity contribution is 5.77. The number of amides is 2. The number of hydrogen-bond acceptors (Lipinski definition) is 2. The monoisotopic (exact) mass is 219 g/mol. The van der Waals surface area contributed by atoms with Crippen LogP contribution < -0.4 is 0 Å². The van der Waals surface area contributed by atoms with Crippen LogP contribution in [0.2, 0.25) is 0 Å². The van der Waals surface area contributed by atoms with Gasteiger partial charge in [-0.05, 0) is 25.5 Å². The van der Waals surface area contributed by atoms with E-state index < -0.39 is 0 Å². The first kappa shape index (κ1) is 10.9. The van der Waals surface area contributed by atoms with Crippen LogP contribution in [-0.2, 0) is 0 Å². The minimum absolute atomic E-state index is 0.101. The molecule has 0 bridgehead atoms. The summed E-state index contributed by atoms with van der Waals surface area (Å²) in [6.45, 7) is 4.83. The van der Waals surface area contributed by atoms with Crippen molar-refractivity contribution in [3.05, 3.63) is 30.1 Å². The third kappa shape index (κ3) is 1.75. The molecule has 0 N–H and O–H groups in total. The van der Waals surface area contributed by atoms with Crippen molar-refractivity contribution < 1.29 is 4.79 Å². The van der Waals surface area contributed by atoms with Crippen molar-refractivity contribution >= 4 is 6.03 Å². The Balaban J connectivity index is 2.23. The molecule has 1 atom stereocenters. The first-order valence-corrected chi connectivity index (χ1v) is 5.54. The summed E-state index contributed by atoms with van der Waals surface area (Å²) in [6.07, 6.45) is 3.58. The van der Waals surface area contributed by atoms with Crippen LogP contribution in [0.4, 0.5) is 4.79 Å². The molecule has 0 radical (unpaired) electrons. The van der Waals surface area contributed by atoms with E-state index in [-0.39, 0.29) is 18.1 Å². The average Bonchev–Trinajstić information content (AvgIpc) is 2.58. The van der Waals surface area contributed by atoms with Crippen molar-refractivity contribution in [2.45, 2.75) is 25.9 Å². The molecule has 4 heteroatoms. The molecule has 1 aliphatic rings. The fraction of sp³-hybridized carbons (Fsp3) is 0.500. The number of hydrogen-bond donors (Lipinski definition) is 0. The minimum atomic E-state index is 0.101. The quantitative estimate of drug-likeness (QED) is 0.761. The van der Waals surface area contributed by atoms with Crippen molar-refractivity contribution in [3.8, 4) is 0 Å². The van der Waals surface area contributed by atoms with E-state index in [1.807, 2.05) is 44.1 Å². The number of rotatable bonds is 2. The first-order valence-electron chi connectivity index (χ1n) is 5.54. The molecule has 1 aromatic rings. The molecule has 1 aromatic heterocycles. The lowest BCUT2D eigenvalue weighted by atomic mass is 10.1. The second kappa shape index (κ2) is 4.12. The highest BCUT2D eigenvalue weighted by Crippen LogP contribution is 2.28. The summed E-state index contributed by atoms with van der Waals surface area (Å²) in [5.41, 5.74) is 1.10. The molecule has 2 heterocycles. The van der Waals surface area contributed by atoms with Crippen LogP contribution in [0.5, 0.6) is 0 Å². The summed E-state index contributed by atoms with van der Waals surface area (Å²) in [4.78, 5) is 19.7. The van der Waals surface area contributed by atoms with Gasteiger partial charge in [0.25, 0.3) is 0 Å². The molecule has 0 spiro atoms. The van der Waals surface area contributed by atoms with E-state index in [2.05, 4.69) is 4.98 Å². The standard InChI is InChI=1S/C12H17N3O/c1-9(2)15-8-11(14(3)12(15)16)10-5-4-6-13-7-10/h4-7,9,11H,8H2,1-3H3. The van der Waals surface area contributed by atoms with Gasteiger partial charge in [-0.3, -0.25) is 4.98 Å². The lowest BCUT2D eigenvalue weighted by Gasteiger charge is -2.19. The third-order valence-electron chi connectivity index (χ3n) is 3.08. The van der Waals surface area contributed by atoms with E-state index in [0.29, 0.717) is 0 Å². The largest absolute Gasteiger partial charge is 0.320 e. The van der Waals surface area contributed by atoms with Gasteiger partial charge in [-0.2, -0.15) is 0 Å². The molecule has 1 saturated heterocycles. The summed E-state index contributed by atoms with van der Waals surface area (Å²) in [6, 6.07) is 4.40. The number of urea groups is 1. The molecular formula is C12H17N3O. The SMILES string of the molecule is CC(C)N1CC(c2cccnc2)N(C)C1=O. The summed E-state index contributed by atoms with van der Waals surface area (Å²) in [7, 11) is 1.85. The molecule has 1 aliphatic heterocycles. The highest BCUT2D eigenvalue weighted by Gasteiger charge is 2.36. The van der Waals surface area contributed by atoms with Gasteiger partial charge in [0.2, 0.25) is 0 Å². The van der Waals surface area contributed by atoms with Gasteiger partial charge in [0, 0.05) is 32.0 Å². The second-order valence-corrected chi connectivity index (χ2v) is 4.44. The summed E-state index contributed by atoms with van der Waals surface area (Å²) >= 11 is 0. The van der Waals surface area contributed by atoms with Crippen molar-refractivity contribution in [2.24, 2.45) is 0 Å². The van der Waals surface area contributed by atoms with Gasteiger partial charge >= 0.3 is 6.03 Å².